The standard InChI is InChI=1S/C24H49N3O2/c1-5-9-11-13-15-17-23(28)25-19-21-27(7-3,8-4)22-20-26-24(29)18-16-14-12-10-6-2/h5-22H2,1-4H3,(H-,25,26,28,29)/p+1. The van der Waals surface area contributed by atoms with Gasteiger partial charge in [0.25, 0.3) is 0 Å². The molecule has 0 heterocycles. The monoisotopic (exact) mass is 412 g/mol. The third-order valence-corrected chi connectivity index (χ3v) is 6.17. The maximum absolute atomic E-state index is 12.0. The summed E-state index contributed by atoms with van der Waals surface area (Å²) in [5.41, 5.74) is 0. The Labute approximate surface area is 181 Å². The van der Waals surface area contributed by atoms with Crippen molar-refractivity contribution in [3.63, 3.8) is 0 Å². The van der Waals surface area contributed by atoms with Gasteiger partial charge in [0, 0.05) is 12.8 Å². The molecule has 0 unspecified atom stereocenters. The lowest BCUT2D eigenvalue weighted by Crippen LogP contribution is -2.54. The summed E-state index contributed by atoms with van der Waals surface area (Å²) in [6, 6.07) is 0. The number of quaternary nitrogens is 1. The number of carbonyl (C=O) groups excluding carboxylic acids is 2. The molecule has 172 valence electrons. The van der Waals surface area contributed by atoms with Crippen LogP contribution in [0.5, 0.6) is 0 Å². The van der Waals surface area contributed by atoms with Gasteiger partial charge >= 0.3 is 0 Å². The first-order valence-corrected chi connectivity index (χ1v) is 12.4. The molecule has 0 aliphatic rings. The molecule has 0 rings (SSSR count). The summed E-state index contributed by atoms with van der Waals surface area (Å²) in [6.07, 6.45) is 13.1. The fourth-order valence-electron chi connectivity index (χ4n) is 3.79. The van der Waals surface area contributed by atoms with Crippen LogP contribution in [-0.4, -0.2) is 55.6 Å². The van der Waals surface area contributed by atoms with Crippen molar-refractivity contribution < 1.29 is 14.1 Å². The second-order valence-corrected chi connectivity index (χ2v) is 8.45. The lowest BCUT2D eigenvalue weighted by molar-refractivity contribution is -0.922. The largest absolute Gasteiger partial charge is 0.350 e. The Morgan fingerprint density at radius 3 is 1.31 bits per heavy atom. The van der Waals surface area contributed by atoms with E-state index in [0.717, 1.165) is 69.4 Å². The number of nitrogens with zero attached hydrogens (tertiary/aromatic N) is 1. The molecule has 5 heteroatoms. The van der Waals surface area contributed by atoms with Gasteiger partial charge in [-0.05, 0) is 26.7 Å². The average Bonchev–Trinajstić information content (AvgIpc) is 2.72. The van der Waals surface area contributed by atoms with Crippen molar-refractivity contribution in [2.75, 3.05) is 39.3 Å². The zero-order valence-corrected chi connectivity index (χ0v) is 20.0. The van der Waals surface area contributed by atoms with E-state index in [1.54, 1.807) is 0 Å². The van der Waals surface area contributed by atoms with Crippen molar-refractivity contribution in [1.29, 1.82) is 0 Å². The average molecular weight is 413 g/mol. The van der Waals surface area contributed by atoms with E-state index in [1.165, 1.54) is 38.5 Å². The molecule has 0 saturated heterocycles. The first-order chi connectivity index (χ1) is 14.0. The summed E-state index contributed by atoms with van der Waals surface area (Å²) in [7, 11) is 0. The molecule has 0 atom stereocenters. The maximum atomic E-state index is 12.0. The molecule has 0 radical (unpaired) electrons. The predicted octanol–water partition coefficient (Wildman–Crippen LogP) is 4.80. The molecule has 2 amide bonds. The molecule has 0 bridgehead atoms. The predicted molar refractivity (Wildman–Crippen MR) is 124 cm³/mol. The van der Waals surface area contributed by atoms with E-state index < -0.39 is 0 Å². The van der Waals surface area contributed by atoms with E-state index in [2.05, 4.69) is 38.3 Å². The highest BCUT2D eigenvalue weighted by Gasteiger charge is 2.23. The molecular weight excluding hydrogens is 362 g/mol. The van der Waals surface area contributed by atoms with Crippen LogP contribution in [-0.2, 0) is 9.59 Å². The fourth-order valence-corrected chi connectivity index (χ4v) is 3.79. The SMILES string of the molecule is CCCCCCCC(=O)NCC[N+](CC)(CC)CCNC(=O)CCCCCCC. The zero-order valence-electron chi connectivity index (χ0n) is 20.0. The highest BCUT2D eigenvalue weighted by molar-refractivity contribution is 5.76. The van der Waals surface area contributed by atoms with Crippen LogP contribution >= 0.6 is 0 Å². The van der Waals surface area contributed by atoms with E-state index in [1.807, 2.05) is 0 Å². The van der Waals surface area contributed by atoms with Crippen LogP contribution in [0.3, 0.4) is 0 Å². The zero-order chi connectivity index (χ0) is 21.8. The number of hydrogen-bond donors (Lipinski definition) is 2. The molecule has 2 N–H and O–H groups in total. The van der Waals surface area contributed by atoms with E-state index in [0.29, 0.717) is 12.8 Å². The molecule has 0 aliphatic heterocycles. The van der Waals surface area contributed by atoms with Crippen molar-refractivity contribution >= 4 is 11.8 Å². The van der Waals surface area contributed by atoms with Gasteiger partial charge in [-0.3, -0.25) is 9.59 Å². The van der Waals surface area contributed by atoms with E-state index in [-0.39, 0.29) is 11.8 Å². The lowest BCUT2D eigenvalue weighted by Gasteiger charge is -2.37. The minimum Gasteiger partial charge on any atom is -0.350 e. The highest BCUT2D eigenvalue weighted by atomic mass is 16.2. The lowest BCUT2D eigenvalue weighted by atomic mass is 10.1. The number of likely N-dealkylation sites (N-methyl/N-ethyl adjacent to an activating group) is 1. The minimum absolute atomic E-state index is 0.184. The Morgan fingerprint density at radius 1 is 0.586 bits per heavy atom. The Morgan fingerprint density at radius 2 is 0.966 bits per heavy atom. The summed E-state index contributed by atoms with van der Waals surface area (Å²) < 4.78 is 0.938. The first-order valence-electron chi connectivity index (χ1n) is 12.4. The van der Waals surface area contributed by atoms with Gasteiger partial charge in [0.15, 0.2) is 0 Å². The van der Waals surface area contributed by atoms with Crippen LogP contribution in [0.4, 0.5) is 0 Å². The van der Waals surface area contributed by atoms with Crippen LogP contribution in [0.15, 0.2) is 0 Å². The smallest absolute Gasteiger partial charge is 0.220 e. The van der Waals surface area contributed by atoms with Gasteiger partial charge < -0.3 is 15.1 Å². The van der Waals surface area contributed by atoms with Crippen LogP contribution < -0.4 is 10.6 Å². The third kappa shape index (κ3) is 15.4. The van der Waals surface area contributed by atoms with Crippen LogP contribution in [0, 0.1) is 0 Å². The normalized spacial score (nSPS) is 11.4. The van der Waals surface area contributed by atoms with Crippen molar-refractivity contribution in [3.05, 3.63) is 0 Å². The second-order valence-electron chi connectivity index (χ2n) is 8.45. The van der Waals surface area contributed by atoms with Gasteiger partial charge in [0.1, 0.15) is 0 Å². The molecule has 0 fully saturated rings. The molecule has 0 aromatic rings. The number of hydrogen-bond acceptors (Lipinski definition) is 2. The molecule has 0 saturated carbocycles. The Bertz CT molecular complexity index is 375. The fraction of sp³-hybridized carbons (Fsp3) is 0.917. The molecule has 0 aromatic carbocycles. The topological polar surface area (TPSA) is 58.2 Å². The van der Waals surface area contributed by atoms with Crippen LogP contribution in [0.1, 0.15) is 105 Å². The summed E-state index contributed by atoms with van der Waals surface area (Å²) in [4.78, 5) is 24.1. The van der Waals surface area contributed by atoms with E-state index >= 15 is 0 Å². The second kappa shape index (κ2) is 18.9. The number of carbonyl (C=O) groups is 2. The van der Waals surface area contributed by atoms with Crippen molar-refractivity contribution in [2.45, 2.75) is 105 Å². The van der Waals surface area contributed by atoms with Gasteiger partial charge in [-0.25, -0.2) is 0 Å². The van der Waals surface area contributed by atoms with Crippen LogP contribution in [0.25, 0.3) is 0 Å². The molecule has 0 aromatic heterocycles. The van der Waals surface area contributed by atoms with Gasteiger partial charge in [-0.2, -0.15) is 0 Å². The molecule has 5 nitrogen and oxygen atoms in total. The highest BCUT2D eigenvalue weighted by Crippen LogP contribution is 2.07. The van der Waals surface area contributed by atoms with Crippen LogP contribution in [0.2, 0.25) is 0 Å². The quantitative estimate of drug-likeness (QED) is 0.223. The first kappa shape index (κ1) is 27.9. The van der Waals surface area contributed by atoms with Gasteiger partial charge in [0.2, 0.25) is 11.8 Å². The van der Waals surface area contributed by atoms with E-state index in [9.17, 15) is 9.59 Å². The third-order valence-electron chi connectivity index (χ3n) is 6.17. The van der Waals surface area contributed by atoms with Crippen molar-refractivity contribution in [3.8, 4) is 0 Å². The number of unbranched alkanes of at least 4 members (excludes halogenated alkanes) is 8. The summed E-state index contributed by atoms with van der Waals surface area (Å²) in [6.45, 7) is 14.2. The molecule has 29 heavy (non-hydrogen) atoms. The Hall–Kier alpha value is -1.10. The van der Waals surface area contributed by atoms with Gasteiger partial charge in [-0.1, -0.05) is 65.2 Å². The minimum atomic E-state index is 0.184. The van der Waals surface area contributed by atoms with E-state index in [4.69, 9.17) is 0 Å². The number of rotatable bonds is 20. The van der Waals surface area contributed by atoms with Gasteiger partial charge in [-0.15, -0.1) is 0 Å². The summed E-state index contributed by atoms with van der Waals surface area (Å²) in [5, 5.41) is 6.20. The summed E-state index contributed by atoms with van der Waals surface area (Å²) in [5.74, 6) is 0.367. The molecule has 0 aliphatic carbocycles. The summed E-state index contributed by atoms with van der Waals surface area (Å²) >= 11 is 0. The molecule has 0 spiro atoms. The van der Waals surface area contributed by atoms with Crippen molar-refractivity contribution in [1.82, 2.24) is 10.6 Å². The van der Waals surface area contributed by atoms with Gasteiger partial charge in [0.05, 0.1) is 39.3 Å². The van der Waals surface area contributed by atoms with Crippen molar-refractivity contribution in [2.24, 2.45) is 0 Å². The Kier molecular flexibility index (Phi) is 18.2. The molecular formula is C24H50N3O2+. The number of amides is 2. The number of nitrogens with one attached hydrogen (secondary N) is 2. The Balaban J connectivity index is 4.01. The maximum Gasteiger partial charge on any atom is 0.220 e.